The zero-order chi connectivity index (χ0) is 10.4. The molecule has 0 bridgehead atoms. The highest BCUT2D eigenvalue weighted by molar-refractivity contribution is 5.13. The smallest absolute Gasteiger partial charge is 0.0897 e. The van der Waals surface area contributed by atoms with Gasteiger partial charge in [0, 0.05) is 31.5 Å². The second-order valence-corrected chi connectivity index (χ2v) is 3.26. The first-order valence-electron chi connectivity index (χ1n) is 4.60. The molecule has 1 atom stereocenters. The second kappa shape index (κ2) is 5.74. The Labute approximate surface area is 83.5 Å². The van der Waals surface area contributed by atoms with Gasteiger partial charge in [-0.2, -0.15) is 5.10 Å². The minimum Gasteiger partial charge on any atom is -0.389 e. The Kier molecular flexibility index (Phi) is 4.58. The van der Waals surface area contributed by atoms with E-state index in [1.165, 1.54) is 0 Å². The van der Waals surface area contributed by atoms with Crippen molar-refractivity contribution in [2.45, 2.75) is 19.6 Å². The lowest BCUT2D eigenvalue weighted by atomic mass is 10.2. The summed E-state index contributed by atoms with van der Waals surface area (Å²) in [6.07, 6.45) is 1.33. The first kappa shape index (κ1) is 11.2. The van der Waals surface area contributed by atoms with Crippen LogP contribution in [-0.2, 0) is 11.3 Å². The number of hydrogen-bond acceptors (Lipinski definition) is 4. The van der Waals surface area contributed by atoms with E-state index in [4.69, 9.17) is 4.74 Å². The average molecular weight is 199 g/mol. The van der Waals surface area contributed by atoms with E-state index in [9.17, 15) is 5.11 Å². The Hall–Kier alpha value is -0.910. The summed E-state index contributed by atoms with van der Waals surface area (Å²) in [6.45, 7) is 3.56. The van der Waals surface area contributed by atoms with Gasteiger partial charge in [-0.1, -0.05) is 0 Å². The first-order valence-corrected chi connectivity index (χ1v) is 4.60. The molecule has 0 amide bonds. The zero-order valence-corrected chi connectivity index (χ0v) is 8.58. The lowest BCUT2D eigenvalue weighted by Gasteiger charge is -2.09. The number of ether oxygens (including phenoxy) is 1. The molecule has 0 aliphatic rings. The summed E-state index contributed by atoms with van der Waals surface area (Å²) in [7, 11) is 1.57. The molecule has 0 fully saturated rings. The maximum absolute atomic E-state index is 9.34. The van der Waals surface area contributed by atoms with Crippen molar-refractivity contribution in [3.63, 3.8) is 0 Å². The standard InChI is InChI=1S/C9H17N3O2/c1-7-8(4-11-12-7)3-10-5-9(13)6-14-2/h4,9-10,13H,3,5-6H2,1-2H3,(H,11,12). The van der Waals surface area contributed by atoms with Crippen LogP contribution in [0.5, 0.6) is 0 Å². The van der Waals surface area contributed by atoms with Crippen LogP contribution >= 0.6 is 0 Å². The highest BCUT2D eigenvalue weighted by Crippen LogP contribution is 2.00. The van der Waals surface area contributed by atoms with Gasteiger partial charge in [-0.05, 0) is 6.92 Å². The van der Waals surface area contributed by atoms with Gasteiger partial charge in [0.15, 0.2) is 0 Å². The van der Waals surface area contributed by atoms with Crippen LogP contribution in [0.15, 0.2) is 6.20 Å². The number of aromatic nitrogens is 2. The van der Waals surface area contributed by atoms with Gasteiger partial charge in [-0.25, -0.2) is 0 Å². The molecule has 1 aromatic rings. The van der Waals surface area contributed by atoms with Gasteiger partial charge >= 0.3 is 0 Å². The fraction of sp³-hybridized carbons (Fsp3) is 0.667. The van der Waals surface area contributed by atoms with Crippen LogP contribution < -0.4 is 5.32 Å². The van der Waals surface area contributed by atoms with Crippen LogP contribution in [0.25, 0.3) is 0 Å². The number of nitrogens with one attached hydrogen (secondary N) is 2. The van der Waals surface area contributed by atoms with Crippen molar-refractivity contribution in [1.82, 2.24) is 15.5 Å². The summed E-state index contributed by atoms with van der Waals surface area (Å²) >= 11 is 0. The number of methoxy groups -OCH3 is 1. The molecule has 0 radical (unpaired) electrons. The Morgan fingerprint density at radius 2 is 2.50 bits per heavy atom. The van der Waals surface area contributed by atoms with Crippen LogP contribution in [0.4, 0.5) is 0 Å². The van der Waals surface area contributed by atoms with Gasteiger partial charge < -0.3 is 15.2 Å². The van der Waals surface area contributed by atoms with E-state index in [0.717, 1.165) is 11.3 Å². The van der Waals surface area contributed by atoms with E-state index in [1.54, 1.807) is 13.3 Å². The summed E-state index contributed by atoms with van der Waals surface area (Å²) < 4.78 is 4.81. The number of H-pyrrole nitrogens is 1. The first-order chi connectivity index (χ1) is 6.74. The van der Waals surface area contributed by atoms with Gasteiger partial charge in [0.25, 0.3) is 0 Å². The summed E-state index contributed by atoms with van der Waals surface area (Å²) in [5.41, 5.74) is 2.17. The largest absolute Gasteiger partial charge is 0.389 e. The van der Waals surface area contributed by atoms with Gasteiger partial charge in [0.1, 0.15) is 0 Å². The monoisotopic (exact) mass is 199 g/mol. The van der Waals surface area contributed by atoms with E-state index in [-0.39, 0.29) is 0 Å². The average Bonchev–Trinajstić information content (AvgIpc) is 2.52. The van der Waals surface area contributed by atoms with Crippen LogP contribution in [0.3, 0.4) is 0 Å². The number of nitrogens with zero attached hydrogens (tertiary/aromatic N) is 1. The van der Waals surface area contributed by atoms with E-state index in [2.05, 4.69) is 15.5 Å². The summed E-state index contributed by atoms with van der Waals surface area (Å²) in [5.74, 6) is 0. The van der Waals surface area contributed by atoms with Crippen molar-refractivity contribution in [3.05, 3.63) is 17.5 Å². The van der Waals surface area contributed by atoms with Crippen LogP contribution in [0.2, 0.25) is 0 Å². The Morgan fingerprint density at radius 1 is 1.71 bits per heavy atom. The van der Waals surface area contributed by atoms with Gasteiger partial charge in [-0.3, -0.25) is 5.10 Å². The fourth-order valence-corrected chi connectivity index (χ4v) is 1.18. The molecule has 1 unspecified atom stereocenters. The third kappa shape index (κ3) is 3.45. The van der Waals surface area contributed by atoms with Crippen molar-refractivity contribution in [3.8, 4) is 0 Å². The molecule has 5 nitrogen and oxygen atoms in total. The topological polar surface area (TPSA) is 70.2 Å². The van der Waals surface area contributed by atoms with Crippen molar-refractivity contribution in [2.24, 2.45) is 0 Å². The molecule has 80 valence electrons. The van der Waals surface area contributed by atoms with Gasteiger partial charge in [0.05, 0.1) is 18.9 Å². The number of hydrogen-bond donors (Lipinski definition) is 3. The predicted octanol–water partition coefficient (Wildman–Crippen LogP) is -0.185. The number of aromatic amines is 1. The molecule has 0 saturated heterocycles. The molecular weight excluding hydrogens is 182 g/mol. The summed E-state index contributed by atoms with van der Waals surface area (Å²) in [6, 6.07) is 0. The van der Waals surface area contributed by atoms with Crippen LogP contribution in [0.1, 0.15) is 11.3 Å². The van der Waals surface area contributed by atoms with Gasteiger partial charge in [-0.15, -0.1) is 0 Å². The maximum atomic E-state index is 9.34. The normalized spacial score (nSPS) is 13.1. The van der Waals surface area contributed by atoms with Crippen molar-refractivity contribution < 1.29 is 9.84 Å². The molecule has 0 aliphatic heterocycles. The third-order valence-corrected chi connectivity index (χ3v) is 1.99. The molecule has 3 N–H and O–H groups in total. The third-order valence-electron chi connectivity index (χ3n) is 1.99. The molecule has 14 heavy (non-hydrogen) atoms. The quantitative estimate of drug-likeness (QED) is 0.594. The molecule has 0 aliphatic carbocycles. The Balaban J connectivity index is 2.19. The Morgan fingerprint density at radius 3 is 3.07 bits per heavy atom. The number of aryl methyl sites for hydroxylation is 1. The highest BCUT2D eigenvalue weighted by atomic mass is 16.5. The van der Waals surface area contributed by atoms with E-state index < -0.39 is 6.10 Å². The minimum absolute atomic E-state index is 0.359. The van der Waals surface area contributed by atoms with E-state index in [0.29, 0.717) is 19.7 Å². The summed E-state index contributed by atoms with van der Waals surface area (Å²) in [4.78, 5) is 0. The Bertz CT molecular complexity index is 262. The SMILES string of the molecule is COCC(O)CNCc1cn[nH]c1C. The molecule has 1 aromatic heterocycles. The molecule has 0 saturated carbocycles. The zero-order valence-electron chi connectivity index (χ0n) is 8.58. The van der Waals surface area contributed by atoms with Crippen molar-refractivity contribution in [2.75, 3.05) is 20.3 Å². The van der Waals surface area contributed by atoms with Crippen LogP contribution in [-0.4, -0.2) is 41.7 Å². The van der Waals surface area contributed by atoms with E-state index in [1.807, 2.05) is 6.92 Å². The second-order valence-electron chi connectivity index (χ2n) is 3.26. The molecule has 1 rings (SSSR count). The highest BCUT2D eigenvalue weighted by Gasteiger charge is 2.03. The van der Waals surface area contributed by atoms with E-state index >= 15 is 0 Å². The number of aliphatic hydroxyl groups is 1. The minimum atomic E-state index is -0.452. The lowest BCUT2D eigenvalue weighted by Crippen LogP contribution is -2.29. The van der Waals surface area contributed by atoms with Crippen molar-refractivity contribution >= 4 is 0 Å². The molecule has 0 aromatic carbocycles. The number of aliphatic hydroxyl groups excluding tert-OH is 1. The molecule has 5 heteroatoms. The summed E-state index contributed by atoms with van der Waals surface area (Å²) in [5, 5.41) is 19.2. The molecular formula is C9H17N3O2. The lowest BCUT2D eigenvalue weighted by molar-refractivity contribution is 0.0644. The van der Waals surface area contributed by atoms with Crippen molar-refractivity contribution in [1.29, 1.82) is 0 Å². The predicted molar refractivity (Wildman–Crippen MR) is 52.9 cm³/mol. The molecule has 0 spiro atoms. The number of rotatable bonds is 6. The fourth-order valence-electron chi connectivity index (χ4n) is 1.18. The van der Waals surface area contributed by atoms with Crippen LogP contribution in [0, 0.1) is 6.92 Å². The van der Waals surface area contributed by atoms with Gasteiger partial charge in [0.2, 0.25) is 0 Å². The maximum Gasteiger partial charge on any atom is 0.0897 e. The molecule has 1 heterocycles.